The molecule has 1 rings (SSSR count). The third kappa shape index (κ3) is 3.64. The highest BCUT2D eigenvalue weighted by atomic mass is 79.9. The molecule has 0 fully saturated rings. The number of nitrogens with two attached hydrogens (primary N) is 1. The van der Waals surface area contributed by atoms with E-state index in [1.165, 1.54) is 6.08 Å². The Morgan fingerprint density at radius 1 is 1.50 bits per heavy atom. The lowest BCUT2D eigenvalue weighted by molar-refractivity contribution is -0.137. The minimum absolute atomic E-state index is 0.362. The zero-order chi connectivity index (χ0) is 12.1. The summed E-state index contributed by atoms with van der Waals surface area (Å²) in [5.41, 5.74) is 7.19. The van der Waals surface area contributed by atoms with E-state index in [2.05, 4.69) is 31.9 Å². The van der Waals surface area contributed by atoms with Crippen molar-refractivity contribution >= 4 is 49.6 Å². The molecule has 0 atom stereocenters. The second-order valence-corrected chi connectivity index (χ2v) is 4.75. The number of benzene rings is 1. The van der Waals surface area contributed by atoms with E-state index in [0.717, 1.165) is 14.5 Å². The Hall–Kier alpha value is -0.810. The van der Waals surface area contributed by atoms with Crippen LogP contribution in [0.2, 0.25) is 0 Å². The number of rotatable bonds is 3. The molecule has 0 amide bonds. The van der Waals surface area contributed by atoms with Gasteiger partial charge in [-0.15, -0.1) is 0 Å². The Balaban J connectivity index is 2.93. The smallest absolute Gasteiger partial charge is 0.330 e. The van der Waals surface area contributed by atoms with Gasteiger partial charge < -0.3 is 10.5 Å². The summed E-state index contributed by atoms with van der Waals surface area (Å²) in [7, 11) is 0. The van der Waals surface area contributed by atoms with Crippen LogP contribution in [0.1, 0.15) is 12.5 Å². The number of anilines is 1. The number of nitrogen functional groups attached to an aromatic ring is 1. The van der Waals surface area contributed by atoms with Crippen molar-refractivity contribution in [3.8, 4) is 0 Å². The summed E-state index contributed by atoms with van der Waals surface area (Å²) in [5.74, 6) is -0.377. The van der Waals surface area contributed by atoms with Crippen molar-refractivity contribution in [3.63, 3.8) is 0 Å². The summed E-state index contributed by atoms with van der Waals surface area (Å²) in [4.78, 5) is 11.1. The van der Waals surface area contributed by atoms with Crippen LogP contribution in [-0.4, -0.2) is 12.6 Å². The molecule has 86 valence electrons. The average molecular weight is 349 g/mol. The quantitative estimate of drug-likeness (QED) is 0.517. The second kappa shape index (κ2) is 6.06. The minimum atomic E-state index is -0.377. The van der Waals surface area contributed by atoms with E-state index in [-0.39, 0.29) is 5.97 Å². The lowest BCUT2D eigenvalue weighted by atomic mass is 10.1. The van der Waals surface area contributed by atoms with Gasteiger partial charge in [0.15, 0.2) is 0 Å². The first-order chi connectivity index (χ1) is 7.54. The minimum Gasteiger partial charge on any atom is -0.463 e. The van der Waals surface area contributed by atoms with Crippen LogP contribution in [0.5, 0.6) is 0 Å². The maximum absolute atomic E-state index is 11.1. The summed E-state index contributed by atoms with van der Waals surface area (Å²) in [6, 6.07) is 3.67. The molecule has 0 spiro atoms. The molecule has 0 bridgehead atoms. The van der Waals surface area contributed by atoms with Crippen LogP contribution in [0.4, 0.5) is 5.69 Å². The van der Waals surface area contributed by atoms with Crippen LogP contribution in [0.3, 0.4) is 0 Å². The highest BCUT2D eigenvalue weighted by Gasteiger charge is 2.03. The van der Waals surface area contributed by atoms with Crippen molar-refractivity contribution in [1.29, 1.82) is 0 Å². The Morgan fingerprint density at radius 2 is 2.19 bits per heavy atom. The molecule has 0 unspecified atom stereocenters. The third-order valence-electron chi connectivity index (χ3n) is 1.81. The normalized spacial score (nSPS) is 10.7. The fourth-order valence-corrected chi connectivity index (χ4v) is 2.35. The second-order valence-electron chi connectivity index (χ2n) is 2.98. The molecule has 0 heterocycles. The van der Waals surface area contributed by atoms with Gasteiger partial charge in [-0.25, -0.2) is 4.79 Å². The Morgan fingerprint density at radius 3 is 2.81 bits per heavy atom. The summed E-state index contributed by atoms with van der Waals surface area (Å²) < 4.78 is 6.44. The molecule has 3 nitrogen and oxygen atoms in total. The zero-order valence-corrected chi connectivity index (χ0v) is 11.8. The van der Waals surface area contributed by atoms with Gasteiger partial charge in [0.2, 0.25) is 0 Å². The predicted molar refractivity (Wildman–Crippen MR) is 71.9 cm³/mol. The predicted octanol–water partition coefficient (Wildman–Crippen LogP) is 3.37. The Bertz CT molecular complexity index is 430. The molecule has 1 aromatic rings. The molecule has 16 heavy (non-hydrogen) atoms. The molecule has 0 aliphatic carbocycles. The van der Waals surface area contributed by atoms with Gasteiger partial charge in [-0.2, -0.15) is 0 Å². The highest BCUT2D eigenvalue weighted by molar-refractivity contribution is 9.11. The average Bonchev–Trinajstić information content (AvgIpc) is 2.21. The van der Waals surface area contributed by atoms with Gasteiger partial charge in [0.25, 0.3) is 0 Å². The molecule has 2 N–H and O–H groups in total. The highest BCUT2D eigenvalue weighted by Crippen LogP contribution is 2.28. The fourth-order valence-electron chi connectivity index (χ4n) is 1.09. The van der Waals surface area contributed by atoms with Crippen LogP contribution in [0, 0.1) is 0 Å². The van der Waals surface area contributed by atoms with E-state index < -0.39 is 0 Å². The van der Waals surface area contributed by atoms with E-state index in [4.69, 9.17) is 10.5 Å². The largest absolute Gasteiger partial charge is 0.463 e. The van der Waals surface area contributed by atoms with Crippen LogP contribution in [0.15, 0.2) is 27.2 Å². The van der Waals surface area contributed by atoms with Crippen LogP contribution in [-0.2, 0) is 9.53 Å². The summed E-state index contributed by atoms with van der Waals surface area (Å²) in [6.45, 7) is 2.12. The van der Waals surface area contributed by atoms with Gasteiger partial charge in [0.05, 0.1) is 12.3 Å². The number of hydrogen-bond acceptors (Lipinski definition) is 3. The van der Waals surface area contributed by atoms with Crippen molar-refractivity contribution in [2.75, 3.05) is 12.3 Å². The van der Waals surface area contributed by atoms with Crippen LogP contribution in [0.25, 0.3) is 6.08 Å². The van der Waals surface area contributed by atoms with Crippen molar-refractivity contribution in [2.24, 2.45) is 0 Å². The molecule has 0 saturated carbocycles. The van der Waals surface area contributed by atoms with Gasteiger partial charge in [0.1, 0.15) is 0 Å². The van der Waals surface area contributed by atoms with E-state index >= 15 is 0 Å². The molecule has 1 aromatic carbocycles. The molecule has 0 saturated heterocycles. The van der Waals surface area contributed by atoms with Gasteiger partial charge in [-0.3, -0.25) is 0 Å². The van der Waals surface area contributed by atoms with Gasteiger partial charge >= 0.3 is 5.97 Å². The maximum Gasteiger partial charge on any atom is 0.330 e. The number of carbonyl (C=O) groups is 1. The Labute approximate surface area is 111 Å². The monoisotopic (exact) mass is 347 g/mol. The van der Waals surface area contributed by atoms with Crippen molar-refractivity contribution in [2.45, 2.75) is 6.92 Å². The molecule has 0 aliphatic rings. The first-order valence-electron chi connectivity index (χ1n) is 4.64. The molecule has 0 radical (unpaired) electrons. The number of ether oxygens (including phenoxy) is 1. The number of carbonyl (C=O) groups excluding carboxylic acids is 1. The topological polar surface area (TPSA) is 52.3 Å². The molecule has 5 heteroatoms. The van der Waals surface area contributed by atoms with Gasteiger partial charge in [0, 0.05) is 15.0 Å². The third-order valence-corrected chi connectivity index (χ3v) is 2.93. The molecular weight excluding hydrogens is 338 g/mol. The first-order valence-corrected chi connectivity index (χ1v) is 6.22. The van der Waals surface area contributed by atoms with E-state index in [1.807, 2.05) is 12.1 Å². The van der Waals surface area contributed by atoms with Crippen LogP contribution < -0.4 is 5.73 Å². The molecule has 0 aromatic heterocycles. The van der Waals surface area contributed by atoms with Gasteiger partial charge in [-0.1, -0.05) is 15.9 Å². The standard InChI is InChI=1S/C11H11Br2NO2/c1-2-16-10(15)4-3-7-5-8(12)6-9(13)11(7)14/h3-6H,2,14H2,1H3. The number of esters is 1. The zero-order valence-electron chi connectivity index (χ0n) is 8.67. The van der Waals surface area contributed by atoms with Crippen molar-refractivity contribution in [3.05, 3.63) is 32.7 Å². The van der Waals surface area contributed by atoms with E-state index in [9.17, 15) is 4.79 Å². The summed E-state index contributed by atoms with van der Waals surface area (Å²) in [6.07, 6.45) is 2.98. The Kier molecular flexibility index (Phi) is 5.02. The SMILES string of the molecule is CCOC(=O)C=Cc1cc(Br)cc(Br)c1N. The fraction of sp³-hybridized carbons (Fsp3) is 0.182. The maximum atomic E-state index is 11.1. The summed E-state index contributed by atoms with van der Waals surface area (Å²) >= 11 is 6.68. The first kappa shape index (κ1) is 13.3. The van der Waals surface area contributed by atoms with E-state index in [0.29, 0.717) is 12.3 Å². The van der Waals surface area contributed by atoms with E-state index in [1.54, 1.807) is 13.0 Å². The van der Waals surface area contributed by atoms with Crippen LogP contribution >= 0.6 is 31.9 Å². The summed E-state index contributed by atoms with van der Waals surface area (Å²) in [5, 5.41) is 0. The molecule has 0 aliphatic heterocycles. The van der Waals surface area contributed by atoms with Crippen molar-refractivity contribution < 1.29 is 9.53 Å². The number of halogens is 2. The molecular formula is C11H11Br2NO2. The lowest BCUT2D eigenvalue weighted by Gasteiger charge is -2.04. The number of hydrogen-bond donors (Lipinski definition) is 1. The van der Waals surface area contributed by atoms with Crippen molar-refractivity contribution in [1.82, 2.24) is 0 Å². The van der Waals surface area contributed by atoms with Gasteiger partial charge in [-0.05, 0) is 46.6 Å². The lowest BCUT2D eigenvalue weighted by Crippen LogP contribution is -1.99.